The number of hydrogen-bond acceptors (Lipinski definition) is 4. The number of fused-ring (bicyclic) bond motifs is 1. The maximum absolute atomic E-state index is 11.5. The fourth-order valence-corrected chi connectivity index (χ4v) is 4.23. The van der Waals surface area contributed by atoms with Gasteiger partial charge in [0.2, 0.25) is 6.79 Å². The highest BCUT2D eigenvalue weighted by Gasteiger charge is 2.32. The van der Waals surface area contributed by atoms with E-state index in [-0.39, 0.29) is 18.8 Å². The van der Waals surface area contributed by atoms with Gasteiger partial charge in [-0.1, -0.05) is 34.1 Å². The van der Waals surface area contributed by atoms with Crippen molar-refractivity contribution >= 4 is 21.9 Å². The lowest BCUT2D eigenvalue weighted by atomic mass is 9.91. The number of carbonyl (C=O) groups is 1. The Morgan fingerprint density at radius 3 is 2.77 bits per heavy atom. The van der Waals surface area contributed by atoms with Gasteiger partial charge in [0, 0.05) is 11.0 Å². The molecule has 2 heterocycles. The van der Waals surface area contributed by atoms with Crippen LogP contribution >= 0.6 is 15.9 Å². The van der Waals surface area contributed by atoms with Crippen LogP contribution in [0.4, 0.5) is 0 Å². The number of likely N-dealkylation sites (tertiary alicyclic amines) is 1. The van der Waals surface area contributed by atoms with Crippen LogP contribution in [-0.2, 0) is 4.79 Å². The predicted octanol–water partition coefficient (Wildman–Crippen LogP) is 4.06. The molecule has 0 spiro atoms. The summed E-state index contributed by atoms with van der Waals surface area (Å²) in [6, 6.07) is 14.2. The highest BCUT2D eigenvalue weighted by Crippen LogP contribution is 2.39. The Morgan fingerprint density at radius 1 is 1.15 bits per heavy atom. The van der Waals surface area contributed by atoms with E-state index in [1.54, 1.807) is 0 Å². The second-order valence-electron chi connectivity index (χ2n) is 6.74. The molecule has 2 aliphatic rings. The molecule has 1 N–H and O–H groups in total. The fraction of sp³-hybridized carbons (Fsp3) is 0.350. The minimum Gasteiger partial charge on any atom is -0.481 e. The molecule has 1 fully saturated rings. The molecule has 0 aliphatic carbocycles. The molecule has 0 radical (unpaired) electrons. The van der Waals surface area contributed by atoms with Gasteiger partial charge in [0.25, 0.3) is 0 Å². The van der Waals surface area contributed by atoms with E-state index in [0.717, 1.165) is 46.5 Å². The molecule has 4 rings (SSSR count). The van der Waals surface area contributed by atoms with Crippen molar-refractivity contribution in [3.63, 3.8) is 0 Å². The number of aliphatic carboxylic acids is 1. The standard InChI is InChI=1S/C20H20BrNO4/c21-16-5-1-3-13(9-16)19(22-8-2-4-15(11-22)20(23)24)14-6-7-17-18(10-14)26-12-25-17/h1,3,5-7,9-10,15,19H,2,4,8,11-12H2,(H,23,24). The van der Waals surface area contributed by atoms with E-state index in [1.165, 1.54) is 0 Å². The molecule has 2 atom stereocenters. The third-order valence-corrected chi connectivity index (χ3v) is 5.54. The van der Waals surface area contributed by atoms with Crippen molar-refractivity contribution in [2.24, 2.45) is 5.92 Å². The first kappa shape index (κ1) is 17.4. The van der Waals surface area contributed by atoms with Gasteiger partial charge in [-0.05, 0) is 54.8 Å². The first-order valence-electron chi connectivity index (χ1n) is 8.73. The van der Waals surface area contributed by atoms with Gasteiger partial charge >= 0.3 is 5.97 Å². The molecule has 2 aromatic carbocycles. The third kappa shape index (κ3) is 3.44. The number of carboxylic acid groups (broad SMARTS) is 1. The largest absolute Gasteiger partial charge is 0.481 e. The van der Waals surface area contributed by atoms with Crippen molar-refractivity contribution in [3.05, 3.63) is 58.1 Å². The summed E-state index contributed by atoms with van der Waals surface area (Å²) in [6.45, 7) is 1.65. The molecule has 136 valence electrons. The van der Waals surface area contributed by atoms with Crippen molar-refractivity contribution in [2.45, 2.75) is 18.9 Å². The smallest absolute Gasteiger partial charge is 0.307 e. The van der Waals surface area contributed by atoms with Gasteiger partial charge in [-0.3, -0.25) is 9.69 Å². The molecule has 26 heavy (non-hydrogen) atoms. The lowest BCUT2D eigenvalue weighted by Crippen LogP contribution is -2.41. The summed E-state index contributed by atoms with van der Waals surface area (Å²) >= 11 is 3.55. The SMILES string of the molecule is O=C(O)C1CCCN(C(c2cccc(Br)c2)c2ccc3c(c2)OCO3)C1. The van der Waals surface area contributed by atoms with Crippen LogP contribution in [0.2, 0.25) is 0 Å². The number of nitrogens with zero attached hydrogens (tertiary/aromatic N) is 1. The summed E-state index contributed by atoms with van der Waals surface area (Å²) < 4.78 is 12.0. The van der Waals surface area contributed by atoms with Crippen LogP contribution in [0.25, 0.3) is 0 Å². The van der Waals surface area contributed by atoms with Crippen molar-refractivity contribution in [1.82, 2.24) is 4.90 Å². The highest BCUT2D eigenvalue weighted by molar-refractivity contribution is 9.10. The maximum atomic E-state index is 11.5. The highest BCUT2D eigenvalue weighted by atomic mass is 79.9. The zero-order valence-electron chi connectivity index (χ0n) is 14.2. The molecule has 0 aromatic heterocycles. The molecular formula is C20H20BrNO4. The lowest BCUT2D eigenvalue weighted by molar-refractivity contribution is -0.143. The average Bonchev–Trinajstić information content (AvgIpc) is 3.10. The van der Waals surface area contributed by atoms with Gasteiger partial charge in [-0.2, -0.15) is 0 Å². The predicted molar refractivity (Wildman–Crippen MR) is 100 cm³/mol. The van der Waals surface area contributed by atoms with E-state index >= 15 is 0 Å². The monoisotopic (exact) mass is 417 g/mol. The number of hydrogen-bond donors (Lipinski definition) is 1. The number of carboxylic acids is 1. The molecule has 2 unspecified atom stereocenters. The molecule has 2 aliphatic heterocycles. The maximum Gasteiger partial charge on any atom is 0.307 e. The second-order valence-corrected chi connectivity index (χ2v) is 7.66. The fourth-order valence-electron chi connectivity index (χ4n) is 3.82. The summed E-state index contributed by atoms with van der Waals surface area (Å²) in [4.78, 5) is 13.8. The van der Waals surface area contributed by atoms with Crippen LogP contribution in [0.5, 0.6) is 11.5 Å². The zero-order valence-corrected chi connectivity index (χ0v) is 15.8. The molecular weight excluding hydrogens is 398 g/mol. The van der Waals surface area contributed by atoms with Gasteiger partial charge in [0.1, 0.15) is 0 Å². The van der Waals surface area contributed by atoms with Crippen LogP contribution in [0.1, 0.15) is 30.0 Å². The van der Waals surface area contributed by atoms with Crippen LogP contribution in [0.15, 0.2) is 46.9 Å². The van der Waals surface area contributed by atoms with Gasteiger partial charge < -0.3 is 14.6 Å². The Kier molecular flexibility index (Phi) is 4.87. The van der Waals surface area contributed by atoms with E-state index in [2.05, 4.69) is 33.0 Å². The summed E-state index contributed by atoms with van der Waals surface area (Å²) in [6.07, 6.45) is 1.62. The normalized spacial score (nSPS) is 20.7. The molecule has 6 heteroatoms. The van der Waals surface area contributed by atoms with Gasteiger partial charge in [-0.25, -0.2) is 0 Å². The Labute approximate surface area is 160 Å². The number of rotatable bonds is 4. The average molecular weight is 418 g/mol. The summed E-state index contributed by atoms with van der Waals surface area (Å²) in [7, 11) is 0. The van der Waals surface area contributed by atoms with Gasteiger partial charge in [0.15, 0.2) is 11.5 Å². The van der Waals surface area contributed by atoms with Crippen molar-refractivity contribution in [1.29, 1.82) is 0 Å². The van der Waals surface area contributed by atoms with Crippen LogP contribution in [-0.4, -0.2) is 35.9 Å². The van der Waals surface area contributed by atoms with E-state index in [4.69, 9.17) is 9.47 Å². The zero-order chi connectivity index (χ0) is 18.1. The second kappa shape index (κ2) is 7.29. The number of benzene rings is 2. The Morgan fingerprint density at radius 2 is 1.96 bits per heavy atom. The Hall–Kier alpha value is -2.05. The van der Waals surface area contributed by atoms with Crippen molar-refractivity contribution < 1.29 is 19.4 Å². The van der Waals surface area contributed by atoms with Crippen LogP contribution < -0.4 is 9.47 Å². The minimum absolute atomic E-state index is 0.0239. The number of ether oxygens (including phenoxy) is 2. The minimum atomic E-state index is -0.714. The van der Waals surface area contributed by atoms with E-state index in [0.29, 0.717) is 6.54 Å². The van der Waals surface area contributed by atoms with Crippen molar-refractivity contribution in [3.8, 4) is 11.5 Å². The van der Waals surface area contributed by atoms with Crippen molar-refractivity contribution in [2.75, 3.05) is 19.9 Å². The Balaban J connectivity index is 1.73. The quantitative estimate of drug-likeness (QED) is 0.812. The number of halogens is 1. The molecule has 5 nitrogen and oxygen atoms in total. The topological polar surface area (TPSA) is 59.0 Å². The van der Waals surface area contributed by atoms with Crippen LogP contribution in [0.3, 0.4) is 0 Å². The summed E-state index contributed by atoms with van der Waals surface area (Å²) in [5.41, 5.74) is 2.21. The Bertz CT molecular complexity index is 825. The van der Waals surface area contributed by atoms with Gasteiger partial charge in [-0.15, -0.1) is 0 Å². The van der Waals surface area contributed by atoms with Gasteiger partial charge in [0.05, 0.1) is 12.0 Å². The van der Waals surface area contributed by atoms with E-state index in [1.807, 2.05) is 30.3 Å². The summed E-state index contributed by atoms with van der Waals surface area (Å²) in [5, 5.41) is 9.48. The first-order valence-corrected chi connectivity index (χ1v) is 9.53. The molecule has 0 saturated carbocycles. The lowest BCUT2D eigenvalue weighted by Gasteiger charge is -2.37. The van der Waals surface area contributed by atoms with E-state index < -0.39 is 5.97 Å². The molecule has 1 saturated heterocycles. The molecule has 0 bridgehead atoms. The van der Waals surface area contributed by atoms with Crippen LogP contribution in [0, 0.1) is 5.92 Å². The third-order valence-electron chi connectivity index (χ3n) is 5.04. The first-order chi connectivity index (χ1) is 12.6. The number of piperidine rings is 1. The van der Waals surface area contributed by atoms with E-state index in [9.17, 15) is 9.90 Å². The summed E-state index contributed by atoms with van der Waals surface area (Å²) in [5.74, 6) is 0.457. The molecule has 2 aromatic rings. The molecule has 0 amide bonds.